The molecule has 1 heterocycles. The van der Waals surface area contributed by atoms with Crippen molar-refractivity contribution in [2.75, 3.05) is 42.7 Å². The Kier molecular flexibility index (Phi) is 9.84. The largest absolute Gasteiger partial charge is 0.488 e. The number of amides is 5. The molecular weight excluding hydrogens is 570 g/mol. The van der Waals surface area contributed by atoms with Gasteiger partial charge in [0.2, 0.25) is 5.91 Å². The normalized spacial score (nSPS) is 17.2. The SMILES string of the molecule is C[C@H]1CN([C@@H](C)CO)C(=O)Cc2cc(NC(=O)Nc3cccc4ccccc34)ccc2O[C@H]1CN(C)C(=O)Nc1ccccc1. The minimum Gasteiger partial charge on any atom is -0.488 e. The number of benzene rings is 4. The van der Waals surface area contributed by atoms with Crippen LogP contribution in [-0.4, -0.2) is 71.8 Å². The van der Waals surface area contributed by atoms with Crippen LogP contribution in [0.2, 0.25) is 0 Å². The first-order valence-corrected chi connectivity index (χ1v) is 15.0. The summed E-state index contributed by atoms with van der Waals surface area (Å²) in [5.74, 6) is 0.155. The quantitative estimate of drug-likeness (QED) is 0.211. The number of para-hydroxylation sites is 1. The van der Waals surface area contributed by atoms with Crippen LogP contribution in [0.4, 0.5) is 26.7 Å². The summed E-state index contributed by atoms with van der Waals surface area (Å²) in [5.41, 5.74) is 2.44. The van der Waals surface area contributed by atoms with Crippen molar-refractivity contribution >= 4 is 45.8 Å². The Bertz CT molecular complexity index is 1660. The van der Waals surface area contributed by atoms with Gasteiger partial charge in [0.1, 0.15) is 11.9 Å². The summed E-state index contributed by atoms with van der Waals surface area (Å²) in [7, 11) is 1.70. The number of nitrogens with one attached hydrogen (secondary N) is 3. The van der Waals surface area contributed by atoms with Gasteiger partial charge in [-0.15, -0.1) is 0 Å². The molecule has 3 atom stereocenters. The molecule has 0 fully saturated rings. The first-order valence-electron chi connectivity index (χ1n) is 15.0. The van der Waals surface area contributed by atoms with E-state index in [-0.39, 0.29) is 37.4 Å². The van der Waals surface area contributed by atoms with E-state index in [1.165, 1.54) is 0 Å². The van der Waals surface area contributed by atoms with Gasteiger partial charge in [-0.25, -0.2) is 9.59 Å². The highest BCUT2D eigenvalue weighted by molar-refractivity contribution is 6.06. The summed E-state index contributed by atoms with van der Waals surface area (Å²) in [6, 6.07) is 26.8. The number of fused-ring (bicyclic) bond motifs is 2. The molecule has 4 aromatic rings. The molecule has 5 rings (SSSR count). The van der Waals surface area contributed by atoms with Gasteiger partial charge in [-0.05, 0) is 48.7 Å². The highest BCUT2D eigenvalue weighted by Crippen LogP contribution is 2.30. The predicted octanol–water partition coefficient (Wildman–Crippen LogP) is 5.80. The minimum absolute atomic E-state index is 0.0178. The van der Waals surface area contributed by atoms with Crippen molar-refractivity contribution in [3.8, 4) is 5.75 Å². The van der Waals surface area contributed by atoms with Crippen molar-refractivity contribution in [3.63, 3.8) is 0 Å². The summed E-state index contributed by atoms with van der Waals surface area (Å²) in [6.45, 7) is 4.17. The zero-order valence-corrected chi connectivity index (χ0v) is 25.7. The van der Waals surface area contributed by atoms with Crippen molar-refractivity contribution in [2.24, 2.45) is 5.92 Å². The van der Waals surface area contributed by atoms with Gasteiger partial charge in [0, 0.05) is 41.8 Å². The second-order valence-corrected chi connectivity index (χ2v) is 11.5. The number of carbonyl (C=O) groups is 3. The molecule has 0 aromatic heterocycles. The molecule has 234 valence electrons. The molecule has 0 saturated carbocycles. The Morgan fingerprint density at radius 3 is 2.47 bits per heavy atom. The second-order valence-electron chi connectivity index (χ2n) is 11.5. The summed E-state index contributed by atoms with van der Waals surface area (Å²) >= 11 is 0. The van der Waals surface area contributed by atoms with Crippen molar-refractivity contribution in [2.45, 2.75) is 32.4 Å². The van der Waals surface area contributed by atoms with Crippen LogP contribution < -0.4 is 20.7 Å². The Morgan fingerprint density at radius 1 is 0.956 bits per heavy atom. The first kappa shape index (κ1) is 31.3. The summed E-state index contributed by atoms with van der Waals surface area (Å²) < 4.78 is 6.52. The molecule has 0 unspecified atom stereocenters. The van der Waals surface area contributed by atoms with Gasteiger partial charge in [-0.2, -0.15) is 0 Å². The van der Waals surface area contributed by atoms with Crippen LogP contribution in [-0.2, 0) is 11.2 Å². The number of aliphatic hydroxyl groups is 1. The van der Waals surface area contributed by atoms with Gasteiger partial charge < -0.3 is 35.6 Å². The third-order valence-electron chi connectivity index (χ3n) is 8.04. The maximum absolute atomic E-state index is 13.6. The summed E-state index contributed by atoms with van der Waals surface area (Å²) in [6.07, 6.45) is -0.452. The molecule has 4 aromatic carbocycles. The molecule has 0 aliphatic carbocycles. The fraction of sp³-hybridized carbons (Fsp3) is 0.286. The zero-order chi connectivity index (χ0) is 31.9. The molecule has 1 aliphatic heterocycles. The fourth-order valence-corrected chi connectivity index (χ4v) is 5.44. The molecule has 45 heavy (non-hydrogen) atoms. The summed E-state index contributed by atoms with van der Waals surface area (Å²) in [5, 5.41) is 20.5. The molecule has 1 aliphatic rings. The van der Waals surface area contributed by atoms with E-state index in [4.69, 9.17) is 4.74 Å². The number of rotatable bonds is 7. The van der Waals surface area contributed by atoms with Gasteiger partial charge in [-0.1, -0.05) is 61.5 Å². The van der Waals surface area contributed by atoms with Crippen molar-refractivity contribution in [1.82, 2.24) is 9.80 Å². The van der Waals surface area contributed by atoms with Crippen molar-refractivity contribution < 1.29 is 24.2 Å². The number of nitrogens with zero attached hydrogens (tertiary/aromatic N) is 2. The molecule has 10 heteroatoms. The fourth-order valence-electron chi connectivity index (χ4n) is 5.44. The molecule has 0 spiro atoms. The highest BCUT2D eigenvalue weighted by Gasteiger charge is 2.32. The maximum atomic E-state index is 13.6. The Hall–Kier alpha value is -5.09. The lowest BCUT2D eigenvalue weighted by Crippen LogP contribution is -2.48. The number of hydrogen-bond acceptors (Lipinski definition) is 5. The number of aliphatic hydroxyl groups excluding tert-OH is 1. The van der Waals surface area contributed by atoms with Crippen LogP contribution in [0.3, 0.4) is 0 Å². The van der Waals surface area contributed by atoms with Gasteiger partial charge in [0.15, 0.2) is 0 Å². The van der Waals surface area contributed by atoms with Gasteiger partial charge in [0.25, 0.3) is 0 Å². The molecule has 0 bridgehead atoms. The van der Waals surface area contributed by atoms with Crippen LogP contribution in [0.15, 0.2) is 91.0 Å². The first-order chi connectivity index (χ1) is 21.7. The third-order valence-corrected chi connectivity index (χ3v) is 8.04. The van der Waals surface area contributed by atoms with E-state index in [2.05, 4.69) is 16.0 Å². The van der Waals surface area contributed by atoms with Crippen LogP contribution in [0, 0.1) is 5.92 Å². The third kappa shape index (κ3) is 7.71. The number of carbonyl (C=O) groups excluding carboxylic acids is 3. The Morgan fingerprint density at radius 2 is 1.69 bits per heavy atom. The minimum atomic E-state index is -0.469. The van der Waals surface area contributed by atoms with E-state index in [0.29, 0.717) is 34.9 Å². The maximum Gasteiger partial charge on any atom is 0.323 e. The average molecular weight is 610 g/mol. The van der Waals surface area contributed by atoms with E-state index >= 15 is 0 Å². The molecular formula is C35H39N5O5. The molecule has 5 amide bonds. The Labute approximate surface area is 263 Å². The van der Waals surface area contributed by atoms with Crippen LogP contribution in [0.5, 0.6) is 5.75 Å². The second kappa shape index (κ2) is 14.1. The van der Waals surface area contributed by atoms with E-state index in [1.54, 1.807) is 42.0 Å². The topological polar surface area (TPSA) is 123 Å². The number of hydrogen-bond donors (Lipinski definition) is 4. The molecule has 10 nitrogen and oxygen atoms in total. The average Bonchev–Trinajstić information content (AvgIpc) is 3.08. The lowest BCUT2D eigenvalue weighted by atomic mass is 10.0. The van der Waals surface area contributed by atoms with E-state index in [9.17, 15) is 19.5 Å². The lowest BCUT2D eigenvalue weighted by molar-refractivity contribution is -0.134. The number of likely N-dealkylation sites (N-methyl/N-ethyl adjacent to an activating group) is 1. The standard InChI is InChI=1S/C35H39N5O5/c1-23-20-40(24(2)22-41)33(42)19-26-18-28(36-34(43)38-30-15-9-11-25-10-7-8-14-29(25)30)16-17-31(26)45-32(23)21-39(3)35(44)37-27-12-5-4-6-13-27/h4-18,23-24,32,41H,19-22H2,1-3H3,(H,37,44)(H2,36,38,43)/t23-,24-,32-/m0/s1. The molecule has 0 saturated heterocycles. The van der Waals surface area contributed by atoms with Gasteiger partial charge >= 0.3 is 12.1 Å². The van der Waals surface area contributed by atoms with Crippen LogP contribution in [0.1, 0.15) is 19.4 Å². The Balaban J connectivity index is 1.37. The number of urea groups is 2. The van der Waals surface area contributed by atoms with Crippen molar-refractivity contribution in [3.05, 3.63) is 96.6 Å². The zero-order valence-electron chi connectivity index (χ0n) is 25.7. The predicted molar refractivity (Wildman–Crippen MR) is 177 cm³/mol. The van der Waals surface area contributed by atoms with Crippen LogP contribution >= 0.6 is 0 Å². The highest BCUT2D eigenvalue weighted by atomic mass is 16.5. The van der Waals surface area contributed by atoms with Crippen LogP contribution in [0.25, 0.3) is 10.8 Å². The molecule has 4 N–H and O–H groups in total. The lowest BCUT2D eigenvalue weighted by Gasteiger charge is -2.34. The van der Waals surface area contributed by atoms with E-state index < -0.39 is 18.2 Å². The monoisotopic (exact) mass is 609 g/mol. The van der Waals surface area contributed by atoms with Gasteiger partial charge in [-0.3, -0.25) is 4.79 Å². The number of ether oxygens (including phenoxy) is 1. The molecule has 0 radical (unpaired) electrons. The van der Waals surface area contributed by atoms with Crippen molar-refractivity contribution in [1.29, 1.82) is 0 Å². The van der Waals surface area contributed by atoms with E-state index in [1.807, 2.05) is 79.7 Å². The van der Waals surface area contributed by atoms with E-state index in [0.717, 1.165) is 10.8 Å². The smallest absolute Gasteiger partial charge is 0.323 e. The van der Waals surface area contributed by atoms with Gasteiger partial charge in [0.05, 0.1) is 31.3 Å². The summed E-state index contributed by atoms with van der Waals surface area (Å²) in [4.78, 5) is 42.8. The number of anilines is 3.